The summed E-state index contributed by atoms with van der Waals surface area (Å²) in [7, 11) is 4.25. The molecule has 16 heavy (non-hydrogen) atoms. The van der Waals surface area contributed by atoms with Crippen molar-refractivity contribution in [3.63, 3.8) is 0 Å². The SMILES string of the molecule is CCC(=O)[PH-](OCC[N+](C)(C)C)C(=O)CC. The molecule has 0 rings (SSSR count). The molecule has 5 heteroatoms. The van der Waals surface area contributed by atoms with Gasteiger partial charge < -0.3 is 0 Å². The zero-order valence-electron chi connectivity index (χ0n) is 11.0. The zero-order valence-corrected chi connectivity index (χ0v) is 12.0. The fourth-order valence-corrected chi connectivity index (χ4v) is 2.63. The van der Waals surface area contributed by atoms with E-state index in [4.69, 9.17) is 4.52 Å². The second-order valence-electron chi connectivity index (χ2n) is 4.74. The van der Waals surface area contributed by atoms with Gasteiger partial charge in [0.05, 0.1) is 0 Å². The molecule has 0 aromatic rings. The van der Waals surface area contributed by atoms with E-state index in [0.29, 0.717) is 19.4 Å². The number of carbonyl (C=O) groups is 2. The van der Waals surface area contributed by atoms with Gasteiger partial charge in [-0.3, -0.25) is 0 Å². The summed E-state index contributed by atoms with van der Waals surface area (Å²) in [6.07, 6.45) is 0.787. The van der Waals surface area contributed by atoms with E-state index in [2.05, 4.69) is 21.1 Å². The molecule has 0 aromatic heterocycles. The third kappa shape index (κ3) is 6.31. The van der Waals surface area contributed by atoms with E-state index in [1.54, 1.807) is 13.8 Å². The van der Waals surface area contributed by atoms with Gasteiger partial charge in [-0.25, -0.2) is 0 Å². The Labute approximate surface area is 99.4 Å². The number of likely N-dealkylation sites (N-methyl/N-ethyl adjacent to an activating group) is 1. The Morgan fingerprint density at radius 1 is 1.06 bits per heavy atom. The molecule has 0 N–H and O–H groups in total. The van der Waals surface area contributed by atoms with Gasteiger partial charge >= 0.3 is 98.8 Å². The molecule has 0 spiro atoms. The van der Waals surface area contributed by atoms with Crippen molar-refractivity contribution in [3.8, 4) is 0 Å². The molecule has 0 fully saturated rings. The third-order valence-corrected chi connectivity index (χ3v) is 4.37. The molecule has 0 heterocycles. The van der Waals surface area contributed by atoms with Gasteiger partial charge in [0, 0.05) is 0 Å². The summed E-state index contributed by atoms with van der Waals surface area (Å²) in [4.78, 5) is 23.1. The average Bonchev–Trinajstić information content (AvgIpc) is 2.21. The van der Waals surface area contributed by atoms with Crippen LogP contribution in [0, 0.1) is 0 Å². The van der Waals surface area contributed by atoms with E-state index in [0.717, 1.165) is 11.0 Å². The van der Waals surface area contributed by atoms with Crippen molar-refractivity contribution in [1.82, 2.24) is 0 Å². The number of hydrogen-bond acceptors (Lipinski definition) is 3. The molecule has 0 atom stereocenters. The number of rotatable bonds is 8. The first-order chi connectivity index (χ1) is 7.31. The standard InChI is InChI=1S/C11H24NO3P/c1-6-10(13)16(11(14)7-2)15-9-8-12(3,4)5/h16H,6-9H2,1-5H3. The van der Waals surface area contributed by atoms with Gasteiger partial charge in [-0.15, -0.1) is 0 Å². The summed E-state index contributed by atoms with van der Waals surface area (Å²) >= 11 is 0. The molecule has 96 valence electrons. The second-order valence-corrected chi connectivity index (χ2v) is 6.81. The van der Waals surface area contributed by atoms with Crippen LogP contribution in [0.2, 0.25) is 0 Å². The van der Waals surface area contributed by atoms with Crippen molar-refractivity contribution in [3.05, 3.63) is 0 Å². The summed E-state index contributed by atoms with van der Waals surface area (Å²) in [5, 5.41) is 0. The van der Waals surface area contributed by atoms with Crippen LogP contribution in [0.3, 0.4) is 0 Å². The van der Waals surface area contributed by atoms with Crippen LogP contribution in [-0.2, 0) is 14.1 Å². The van der Waals surface area contributed by atoms with Crippen molar-refractivity contribution < 1.29 is 18.6 Å². The number of nitrogens with zero attached hydrogens (tertiary/aromatic N) is 1. The molecule has 0 aliphatic rings. The van der Waals surface area contributed by atoms with E-state index in [1.807, 2.05) is 0 Å². The van der Waals surface area contributed by atoms with Crippen LogP contribution in [0.15, 0.2) is 0 Å². The molecule has 0 amide bonds. The van der Waals surface area contributed by atoms with Gasteiger partial charge in [0.15, 0.2) is 0 Å². The van der Waals surface area contributed by atoms with Gasteiger partial charge in [0.1, 0.15) is 0 Å². The van der Waals surface area contributed by atoms with Crippen LogP contribution in [-0.4, -0.2) is 49.8 Å². The molecule has 0 aromatic carbocycles. The van der Waals surface area contributed by atoms with Crippen LogP contribution >= 0.6 is 8.15 Å². The molecule has 0 bridgehead atoms. The van der Waals surface area contributed by atoms with E-state index >= 15 is 0 Å². The fourth-order valence-electron chi connectivity index (χ4n) is 1.06. The van der Waals surface area contributed by atoms with Gasteiger partial charge in [-0.2, -0.15) is 0 Å². The van der Waals surface area contributed by atoms with E-state index in [1.165, 1.54) is 0 Å². The molecular formula is C11H24NO3P. The van der Waals surface area contributed by atoms with Crippen LogP contribution in [0.4, 0.5) is 0 Å². The maximum absolute atomic E-state index is 11.6. The van der Waals surface area contributed by atoms with Gasteiger partial charge in [-0.05, 0) is 0 Å². The Bertz CT molecular complexity index is 232. The van der Waals surface area contributed by atoms with E-state index in [-0.39, 0.29) is 11.0 Å². The molecule has 0 aliphatic heterocycles. The minimum absolute atomic E-state index is 0.0155. The Morgan fingerprint density at radius 3 is 1.81 bits per heavy atom. The van der Waals surface area contributed by atoms with Crippen molar-refractivity contribution in [2.75, 3.05) is 34.3 Å². The first kappa shape index (κ1) is 15.7. The predicted octanol–water partition coefficient (Wildman–Crippen LogP) is 1.71. The monoisotopic (exact) mass is 249 g/mol. The summed E-state index contributed by atoms with van der Waals surface area (Å²) in [6, 6.07) is 0. The maximum atomic E-state index is 11.6. The molecule has 4 nitrogen and oxygen atoms in total. The molecule has 0 saturated carbocycles. The van der Waals surface area contributed by atoms with Crippen molar-refractivity contribution in [2.45, 2.75) is 26.7 Å². The normalized spacial score (nSPS) is 12.4. The summed E-state index contributed by atoms with van der Waals surface area (Å²) in [5.74, 6) is 0. The van der Waals surface area contributed by atoms with Gasteiger partial charge in [0.2, 0.25) is 0 Å². The van der Waals surface area contributed by atoms with E-state index in [9.17, 15) is 9.59 Å². The Morgan fingerprint density at radius 2 is 1.50 bits per heavy atom. The number of hydrogen-bond donors (Lipinski definition) is 0. The number of quaternary nitrogens is 1. The summed E-state index contributed by atoms with van der Waals surface area (Å²) < 4.78 is 6.28. The van der Waals surface area contributed by atoms with Crippen LogP contribution in [0.5, 0.6) is 0 Å². The Kier molecular flexibility index (Phi) is 6.96. The fraction of sp³-hybridized carbons (Fsp3) is 0.818. The van der Waals surface area contributed by atoms with Crippen LogP contribution in [0.1, 0.15) is 26.7 Å². The van der Waals surface area contributed by atoms with Crippen molar-refractivity contribution in [1.29, 1.82) is 0 Å². The zero-order chi connectivity index (χ0) is 12.8. The first-order valence-electron chi connectivity index (χ1n) is 5.68. The Balaban J connectivity index is 4.24. The van der Waals surface area contributed by atoms with Crippen molar-refractivity contribution >= 4 is 19.2 Å². The molecule has 0 unspecified atom stereocenters. The second kappa shape index (κ2) is 7.10. The molecule has 0 radical (unpaired) electrons. The average molecular weight is 249 g/mol. The first-order valence-corrected chi connectivity index (χ1v) is 7.09. The van der Waals surface area contributed by atoms with Crippen LogP contribution < -0.4 is 0 Å². The minimum atomic E-state index is -1.91. The quantitative estimate of drug-likeness (QED) is 0.486. The predicted molar refractivity (Wildman–Crippen MR) is 67.8 cm³/mol. The van der Waals surface area contributed by atoms with Crippen LogP contribution in [0.25, 0.3) is 0 Å². The summed E-state index contributed by atoms with van der Waals surface area (Å²) in [6.45, 7) is 4.84. The molecular weight excluding hydrogens is 225 g/mol. The molecule has 0 aliphatic carbocycles. The van der Waals surface area contributed by atoms with Gasteiger partial charge in [0.25, 0.3) is 0 Å². The molecule has 0 saturated heterocycles. The number of carbonyl (C=O) groups excluding carboxylic acids is 2. The third-order valence-electron chi connectivity index (χ3n) is 2.16. The topological polar surface area (TPSA) is 43.4 Å². The summed E-state index contributed by atoms with van der Waals surface area (Å²) in [5.41, 5.74) is -0.0310. The Hall–Kier alpha value is -0.310. The van der Waals surface area contributed by atoms with Crippen molar-refractivity contribution in [2.24, 2.45) is 0 Å². The van der Waals surface area contributed by atoms with E-state index < -0.39 is 8.15 Å². The van der Waals surface area contributed by atoms with Gasteiger partial charge in [-0.1, -0.05) is 0 Å².